The van der Waals surface area contributed by atoms with Crippen molar-refractivity contribution in [2.75, 3.05) is 37.4 Å². The highest BCUT2D eigenvalue weighted by molar-refractivity contribution is 5.93. The molecular formula is C32H37FN4O5. The van der Waals surface area contributed by atoms with E-state index in [1.165, 1.54) is 29.2 Å². The lowest BCUT2D eigenvalue weighted by molar-refractivity contribution is -0.134. The summed E-state index contributed by atoms with van der Waals surface area (Å²) in [4.78, 5) is 42.2. The number of likely N-dealkylation sites (N-methyl/N-ethyl adjacent to an activating group) is 1. The first kappa shape index (κ1) is 30.5. The zero-order valence-corrected chi connectivity index (χ0v) is 24.0. The lowest BCUT2D eigenvalue weighted by Crippen LogP contribution is -2.48. The van der Waals surface area contributed by atoms with Crippen molar-refractivity contribution in [3.8, 4) is 5.75 Å². The zero-order valence-electron chi connectivity index (χ0n) is 24.0. The minimum absolute atomic E-state index is 0.0163. The molecule has 0 fully saturated rings. The van der Waals surface area contributed by atoms with Gasteiger partial charge in [0.1, 0.15) is 17.7 Å². The van der Waals surface area contributed by atoms with Crippen LogP contribution in [0, 0.1) is 11.7 Å². The molecule has 10 heteroatoms. The van der Waals surface area contributed by atoms with Crippen molar-refractivity contribution in [1.29, 1.82) is 0 Å². The molecule has 1 aliphatic rings. The maximum absolute atomic E-state index is 13.4. The first-order valence-electron chi connectivity index (χ1n) is 13.9. The fraction of sp³-hybridized carbons (Fsp3) is 0.344. The fourth-order valence-electron chi connectivity index (χ4n) is 4.82. The van der Waals surface area contributed by atoms with Crippen LogP contribution in [0.25, 0.3) is 0 Å². The minimum atomic E-state index is -0.509. The van der Waals surface area contributed by atoms with Gasteiger partial charge in [-0.05, 0) is 55.0 Å². The molecule has 3 aromatic rings. The number of benzene rings is 3. The Kier molecular flexibility index (Phi) is 10.1. The van der Waals surface area contributed by atoms with Crippen molar-refractivity contribution in [1.82, 2.24) is 9.80 Å². The molecule has 4 rings (SSSR count). The molecule has 0 bridgehead atoms. The quantitative estimate of drug-likeness (QED) is 0.370. The Morgan fingerprint density at radius 1 is 1.07 bits per heavy atom. The number of carbonyl (C=O) groups is 3. The van der Waals surface area contributed by atoms with Crippen LogP contribution in [0.3, 0.4) is 0 Å². The summed E-state index contributed by atoms with van der Waals surface area (Å²) in [5.41, 5.74) is 2.46. The highest BCUT2D eigenvalue weighted by atomic mass is 19.1. The summed E-state index contributed by atoms with van der Waals surface area (Å²) in [6.45, 7) is 4.02. The van der Waals surface area contributed by atoms with Crippen molar-refractivity contribution < 1.29 is 28.6 Å². The summed E-state index contributed by atoms with van der Waals surface area (Å²) >= 11 is 0. The normalized spacial score (nSPS) is 17.5. The molecule has 0 saturated heterocycles. The van der Waals surface area contributed by atoms with Crippen LogP contribution in [-0.4, -0.2) is 71.6 Å². The average molecular weight is 577 g/mol. The van der Waals surface area contributed by atoms with Gasteiger partial charge >= 0.3 is 6.03 Å². The van der Waals surface area contributed by atoms with Crippen LogP contribution in [-0.2, 0) is 22.4 Å². The maximum atomic E-state index is 13.4. The minimum Gasteiger partial charge on any atom is -0.488 e. The molecule has 3 aromatic carbocycles. The number of halogens is 1. The number of rotatable bonds is 8. The van der Waals surface area contributed by atoms with Gasteiger partial charge in [0.2, 0.25) is 11.8 Å². The Balaban J connectivity index is 1.55. The molecular weight excluding hydrogens is 539 g/mol. The Hall–Kier alpha value is -4.44. The number of aliphatic hydroxyl groups excluding tert-OH is 1. The number of urea groups is 1. The van der Waals surface area contributed by atoms with E-state index in [9.17, 15) is 23.9 Å². The topological polar surface area (TPSA) is 111 Å². The SMILES string of the molecule is C[C@H](CO)N1C[C@H](C)[C@H](CN(C)C(=O)Nc2ccc(F)cc2)Oc2ccc(NC(=O)Cc3ccccc3)cc2CC1=O. The van der Waals surface area contributed by atoms with Gasteiger partial charge in [-0.2, -0.15) is 0 Å². The summed E-state index contributed by atoms with van der Waals surface area (Å²) in [7, 11) is 1.63. The van der Waals surface area contributed by atoms with Crippen molar-refractivity contribution in [2.45, 2.75) is 38.8 Å². The van der Waals surface area contributed by atoms with E-state index in [-0.39, 0.29) is 43.7 Å². The predicted octanol–water partition coefficient (Wildman–Crippen LogP) is 4.32. The first-order valence-corrected chi connectivity index (χ1v) is 13.9. The van der Waals surface area contributed by atoms with Crippen LogP contribution in [0.2, 0.25) is 0 Å². The Bertz CT molecular complexity index is 1390. The molecule has 0 aliphatic carbocycles. The second-order valence-corrected chi connectivity index (χ2v) is 10.7. The molecule has 3 N–H and O–H groups in total. The molecule has 0 spiro atoms. The lowest BCUT2D eigenvalue weighted by atomic mass is 10.0. The van der Waals surface area contributed by atoms with Crippen molar-refractivity contribution in [3.63, 3.8) is 0 Å². The molecule has 0 saturated carbocycles. The van der Waals surface area contributed by atoms with Crippen LogP contribution in [0.1, 0.15) is 25.0 Å². The third-order valence-corrected chi connectivity index (χ3v) is 7.30. The van der Waals surface area contributed by atoms with E-state index >= 15 is 0 Å². The Morgan fingerprint density at radius 3 is 2.45 bits per heavy atom. The van der Waals surface area contributed by atoms with Crippen LogP contribution >= 0.6 is 0 Å². The van der Waals surface area contributed by atoms with E-state index in [1.807, 2.05) is 37.3 Å². The predicted molar refractivity (Wildman–Crippen MR) is 159 cm³/mol. The zero-order chi connectivity index (χ0) is 30.2. The third-order valence-electron chi connectivity index (χ3n) is 7.30. The van der Waals surface area contributed by atoms with Gasteiger partial charge in [0.05, 0.1) is 32.0 Å². The standard InChI is InChI=1S/C32H37FN4O5/c1-21-18-37(22(2)20-38)31(40)17-24-16-27(34-30(39)15-23-7-5-4-6-8-23)13-14-28(24)42-29(21)19-36(3)32(41)35-26-11-9-25(33)10-12-26/h4-14,16,21-22,29,38H,15,17-20H2,1-3H3,(H,34,39)(H,35,41)/t21-,22+,29-/m0/s1. The van der Waals surface area contributed by atoms with Crippen molar-refractivity contribution in [3.05, 3.63) is 89.7 Å². The summed E-state index contributed by atoms with van der Waals surface area (Å²) in [6, 6.07) is 19.3. The Morgan fingerprint density at radius 2 is 1.76 bits per heavy atom. The van der Waals surface area contributed by atoms with Gasteiger partial charge in [0.15, 0.2) is 0 Å². The van der Waals surface area contributed by atoms with Gasteiger partial charge in [-0.15, -0.1) is 0 Å². The van der Waals surface area contributed by atoms with E-state index in [1.54, 1.807) is 37.1 Å². The number of hydrogen-bond donors (Lipinski definition) is 3. The summed E-state index contributed by atoms with van der Waals surface area (Å²) in [6.07, 6.45) is -0.283. The van der Waals surface area contributed by atoms with E-state index in [0.29, 0.717) is 29.2 Å². The van der Waals surface area contributed by atoms with Gasteiger partial charge in [0.25, 0.3) is 0 Å². The second-order valence-electron chi connectivity index (χ2n) is 10.7. The average Bonchev–Trinajstić information content (AvgIpc) is 3.01. The number of carbonyl (C=O) groups excluding carboxylic acids is 3. The van der Waals surface area contributed by atoms with Crippen LogP contribution in [0.5, 0.6) is 5.75 Å². The lowest BCUT2D eigenvalue weighted by Gasteiger charge is -2.34. The molecule has 4 amide bonds. The van der Waals surface area contributed by atoms with Crippen molar-refractivity contribution >= 4 is 29.2 Å². The summed E-state index contributed by atoms with van der Waals surface area (Å²) < 4.78 is 19.7. The molecule has 222 valence electrons. The van der Waals surface area contributed by atoms with Crippen LogP contribution in [0.15, 0.2) is 72.8 Å². The summed E-state index contributed by atoms with van der Waals surface area (Å²) in [5.74, 6) is -0.494. The number of nitrogens with one attached hydrogen (secondary N) is 2. The summed E-state index contributed by atoms with van der Waals surface area (Å²) in [5, 5.41) is 15.5. The van der Waals surface area contributed by atoms with Gasteiger partial charge in [-0.25, -0.2) is 9.18 Å². The first-order chi connectivity index (χ1) is 20.1. The number of hydrogen-bond acceptors (Lipinski definition) is 5. The number of fused-ring (bicyclic) bond motifs is 1. The maximum Gasteiger partial charge on any atom is 0.321 e. The Labute approximate surface area is 245 Å². The molecule has 42 heavy (non-hydrogen) atoms. The van der Waals surface area contributed by atoms with Gasteiger partial charge in [-0.3, -0.25) is 9.59 Å². The number of aliphatic hydroxyl groups is 1. The number of nitrogens with zero attached hydrogens (tertiary/aromatic N) is 2. The largest absolute Gasteiger partial charge is 0.488 e. The molecule has 1 heterocycles. The smallest absolute Gasteiger partial charge is 0.321 e. The van der Waals surface area contributed by atoms with Crippen LogP contribution in [0.4, 0.5) is 20.6 Å². The van der Waals surface area contributed by atoms with E-state index in [0.717, 1.165) is 5.56 Å². The third kappa shape index (κ3) is 8.07. The van der Waals surface area contributed by atoms with Crippen LogP contribution < -0.4 is 15.4 Å². The highest BCUT2D eigenvalue weighted by Gasteiger charge is 2.32. The molecule has 0 unspecified atom stereocenters. The fourth-order valence-corrected chi connectivity index (χ4v) is 4.82. The molecule has 3 atom stereocenters. The van der Waals surface area contributed by atoms with Gasteiger partial charge < -0.3 is 30.3 Å². The number of ether oxygens (including phenoxy) is 1. The highest BCUT2D eigenvalue weighted by Crippen LogP contribution is 2.29. The number of anilines is 2. The number of amides is 4. The van der Waals surface area contributed by atoms with E-state index < -0.39 is 24.0 Å². The molecule has 0 aromatic heterocycles. The van der Waals surface area contributed by atoms with Gasteiger partial charge in [0, 0.05) is 36.4 Å². The molecule has 9 nitrogen and oxygen atoms in total. The second kappa shape index (κ2) is 14.0. The molecule has 0 radical (unpaired) electrons. The monoisotopic (exact) mass is 576 g/mol. The van der Waals surface area contributed by atoms with Gasteiger partial charge in [-0.1, -0.05) is 37.3 Å². The van der Waals surface area contributed by atoms with Crippen molar-refractivity contribution in [2.24, 2.45) is 5.92 Å². The molecule has 1 aliphatic heterocycles. The van der Waals surface area contributed by atoms with E-state index in [2.05, 4.69) is 10.6 Å². The van der Waals surface area contributed by atoms with E-state index in [4.69, 9.17) is 4.74 Å².